The molecule has 2 heterocycles. The molecule has 0 radical (unpaired) electrons. The molecular weight excluding hydrogens is 521 g/mol. The monoisotopic (exact) mass is 572 g/mol. The first-order chi connectivity index (χ1) is 19.7. The maximum Gasteiger partial charge on any atom is 0.0305 e. The minimum atomic E-state index is 1.21. The number of hydrogen-bond donors (Lipinski definition) is 0. The SMILES string of the molecule is CCCCc1csc(/C=C/C=C/C=C/C=C/C=C/C=C/C=C/c2scc(CCCC)c2CCCC)c1CCCC. The van der Waals surface area contributed by atoms with Gasteiger partial charge in [-0.1, -0.05) is 126 Å². The molecule has 0 spiro atoms. The Hall–Kier alpha value is -2.42. The minimum Gasteiger partial charge on any atom is -0.144 e. The van der Waals surface area contributed by atoms with Gasteiger partial charge in [-0.3, -0.25) is 0 Å². The molecule has 2 aromatic rings. The minimum absolute atomic E-state index is 1.21. The third-order valence-corrected chi connectivity index (χ3v) is 8.98. The van der Waals surface area contributed by atoms with E-state index in [1.807, 2.05) is 22.7 Å². The van der Waals surface area contributed by atoms with E-state index in [-0.39, 0.29) is 0 Å². The largest absolute Gasteiger partial charge is 0.144 e. The van der Waals surface area contributed by atoms with E-state index in [1.54, 1.807) is 22.3 Å². The Kier molecular flexibility index (Phi) is 18.8. The first-order valence-electron chi connectivity index (χ1n) is 15.6. The van der Waals surface area contributed by atoms with Gasteiger partial charge in [-0.05, 0) is 96.5 Å². The molecule has 0 unspecified atom stereocenters. The first kappa shape index (κ1) is 33.8. The van der Waals surface area contributed by atoms with Crippen molar-refractivity contribution in [1.82, 2.24) is 0 Å². The standard InChI is InChI=1S/C38H52S2/c1-5-9-25-33-31-39-37(35(33)27-11-7-3)29-23-21-19-17-15-13-14-16-18-20-22-24-30-38-36(28-12-8-4)34(32-40-38)26-10-6-2/h13-24,29-32H,5-12,25-28H2,1-4H3/b14-13+,17-15+,18-16+,21-19+,22-20+,29-23+,30-24+. The van der Waals surface area contributed by atoms with E-state index in [0.29, 0.717) is 0 Å². The molecule has 0 aliphatic rings. The van der Waals surface area contributed by atoms with Crippen LogP contribution in [0.15, 0.2) is 83.7 Å². The summed E-state index contributed by atoms with van der Waals surface area (Å²) >= 11 is 3.80. The van der Waals surface area contributed by atoms with E-state index >= 15 is 0 Å². The lowest BCUT2D eigenvalue weighted by atomic mass is 10.0. The van der Waals surface area contributed by atoms with Gasteiger partial charge in [-0.2, -0.15) is 0 Å². The normalized spacial score (nSPS) is 13.0. The second-order valence-corrected chi connectivity index (χ2v) is 12.1. The Morgan fingerprint density at radius 2 is 0.725 bits per heavy atom. The fourth-order valence-electron chi connectivity index (χ4n) is 4.51. The molecule has 2 rings (SSSR count). The number of hydrogen-bond acceptors (Lipinski definition) is 2. The zero-order valence-corrected chi connectivity index (χ0v) is 27.2. The van der Waals surface area contributed by atoms with E-state index in [4.69, 9.17) is 0 Å². The van der Waals surface area contributed by atoms with Crippen molar-refractivity contribution in [2.75, 3.05) is 0 Å². The van der Waals surface area contributed by atoms with Crippen LogP contribution >= 0.6 is 22.7 Å². The van der Waals surface area contributed by atoms with Crippen molar-refractivity contribution in [2.24, 2.45) is 0 Å². The average Bonchev–Trinajstić information content (AvgIpc) is 3.55. The fourth-order valence-corrected chi connectivity index (χ4v) is 6.63. The van der Waals surface area contributed by atoms with Crippen LogP contribution in [0.2, 0.25) is 0 Å². The zero-order chi connectivity index (χ0) is 28.7. The summed E-state index contributed by atoms with van der Waals surface area (Å²) in [6, 6.07) is 0. The summed E-state index contributed by atoms with van der Waals surface area (Å²) in [5.41, 5.74) is 6.31. The van der Waals surface area contributed by atoms with Crippen LogP contribution in [-0.4, -0.2) is 0 Å². The Bertz CT molecular complexity index is 1050. The predicted octanol–water partition coefficient (Wildman–Crippen LogP) is 12.7. The van der Waals surface area contributed by atoms with Gasteiger partial charge < -0.3 is 0 Å². The number of thiophene rings is 2. The van der Waals surface area contributed by atoms with Crippen molar-refractivity contribution in [1.29, 1.82) is 0 Å². The van der Waals surface area contributed by atoms with Crippen molar-refractivity contribution in [3.8, 4) is 0 Å². The first-order valence-corrected chi connectivity index (χ1v) is 17.4. The maximum absolute atomic E-state index is 2.38. The van der Waals surface area contributed by atoms with Crippen molar-refractivity contribution in [2.45, 2.75) is 105 Å². The molecule has 0 aliphatic carbocycles. The van der Waals surface area contributed by atoms with Gasteiger partial charge in [0.25, 0.3) is 0 Å². The van der Waals surface area contributed by atoms with Crippen LogP contribution in [0.4, 0.5) is 0 Å². The summed E-state index contributed by atoms with van der Waals surface area (Å²) in [4.78, 5) is 2.87. The Morgan fingerprint density at radius 3 is 1.05 bits per heavy atom. The zero-order valence-electron chi connectivity index (χ0n) is 25.5. The summed E-state index contributed by atoms with van der Waals surface area (Å²) in [7, 11) is 0. The molecule has 0 fully saturated rings. The van der Waals surface area contributed by atoms with Crippen LogP contribution in [0, 0.1) is 0 Å². The molecular formula is C38H52S2. The van der Waals surface area contributed by atoms with Gasteiger partial charge in [0.1, 0.15) is 0 Å². The molecule has 2 heteroatoms. The van der Waals surface area contributed by atoms with Crippen molar-refractivity contribution in [3.05, 3.63) is 116 Å². The molecule has 0 nitrogen and oxygen atoms in total. The van der Waals surface area contributed by atoms with E-state index in [1.165, 1.54) is 86.8 Å². The Labute approximate surface area is 254 Å². The molecule has 0 bridgehead atoms. The fraction of sp³-hybridized carbons (Fsp3) is 0.421. The Balaban J connectivity index is 1.79. The van der Waals surface area contributed by atoms with E-state index < -0.39 is 0 Å². The number of rotatable bonds is 20. The second kappa shape index (κ2) is 22.3. The summed E-state index contributed by atoms with van der Waals surface area (Å²) in [6.45, 7) is 9.11. The van der Waals surface area contributed by atoms with E-state index in [0.717, 1.165) is 0 Å². The van der Waals surface area contributed by atoms with Gasteiger partial charge in [-0.25, -0.2) is 0 Å². The smallest absolute Gasteiger partial charge is 0.0305 e. The van der Waals surface area contributed by atoms with Gasteiger partial charge in [0.2, 0.25) is 0 Å². The molecule has 0 atom stereocenters. The molecule has 216 valence electrons. The second-order valence-electron chi connectivity index (χ2n) is 10.3. The predicted molar refractivity (Wildman–Crippen MR) is 187 cm³/mol. The van der Waals surface area contributed by atoms with Crippen LogP contribution in [-0.2, 0) is 25.7 Å². The number of aryl methyl sites for hydroxylation is 2. The van der Waals surface area contributed by atoms with Crippen molar-refractivity contribution in [3.63, 3.8) is 0 Å². The molecule has 0 aliphatic heterocycles. The molecule has 2 aromatic heterocycles. The molecule has 40 heavy (non-hydrogen) atoms. The molecule has 0 aromatic carbocycles. The van der Waals surface area contributed by atoms with Crippen LogP contribution in [0.25, 0.3) is 12.2 Å². The lowest BCUT2D eigenvalue weighted by Crippen LogP contribution is -1.92. The lowest BCUT2D eigenvalue weighted by Gasteiger charge is -2.04. The molecule has 0 N–H and O–H groups in total. The highest BCUT2D eigenvalue weighted by Crippen LogP contribution is 2.28. The van der Waals surface area contributed by atoms with E-state index in [9.17, 15) is 0 Å². The topological polar surface area (TPSA) is 0 Å². The van der Waals surface area contributed by atoms with Crippen LogP contribution in [0.3, 0.4) is 0 Å². The lowest BCUT2D eigenvalue weighted by molar-refractivity contribution is 0.761. The highest BCUT2D eigenvalue weighted by molar-refractivity contribution is 7.11. The molecule has 0 saturated heterocycles. The highest BCUT2D eigenvalue weighted by Gasteiger charge is 2.10. The summed E-state index contributed by atoms with van der Waals surface area (Å²) < 4.78 is 0. The van der Waals surface area contributed by atoms with Gasteiger partial charge in [-0.15, -0.1) is 22.7 Å². The summed E-state index contributed by atoms with van der Waals surface area (Å²) in [5.74, 6) is 0. The average molecular weight is 573 g/mol. The highest BCUT2D eigenvalue weighted by atomic mass is 32.1. The van der Waals surface area contributed by atoms with Crippen LogP contribution in [0.1, 0.15) is 111 Å². The van der Waals surface area contributed by atoms with E-state index in [2.05, 4.69) is 124 Å². The third kappa shape index (κ3) is 13.3. The van der Waals surface area contributed by atoms with Crippen LogP contribution in [0.5, 0.6) is 0 Å². The number of unbranched alkanes of at least 4 members (excludes halogenated alkanes) is 4. The molecule has 0 amide bonds. The third-order valence-electron chi connectivity index (χ3n) is 6.90. The quantitative estimate of drug-likeness (QED) is 0.138. The summed E-state index contributed by atoms with van der Waals surface area (Å²) in [5, 5.41) is 4.76. The van der Waals surface area contributed by atoms with Crippen molar-refractivity contribution < 1.29 is 0 Å². The Morgan fingerprint density at radius 1 is 0.425 bits per heavy atom. The van der Waals surface area contributed by atoms with Crippen molar-refractivity contribution >= 4 is 34.8 Å². The molecule has 0 saturated carbocycles. The summed E-state index contributed by atoms with van der Waals surface area (Å²) in [6.07, 6.45) is 44.8. The maximum atomic E-state index is 2.38. The van der Waals surface area contributed by atoms with Gasteiger partial charge >= 0.3 is 0 Å². The van der Waals surface area contributed by atoms with Gasteiger partial charge in [0.15, 0.2) is 0 Å². The van der Waals surface area contributed by atoms with Crippen LogP contribution < -0.4 is 0 Å². The number of allylic oxidation sites excluding steroid dienone is 12. The van der Waals surface area contributed by atoms with Gasteiger partial charge in [0.05, 0.1) is 0 Å². The van der Waals surface area contributed by atoms with Gasteiger partial charge in [0, 0.05) is 9.75 Å².